The molecule has 1 aliphatic rings. The summed E-state index contributed by atoms with van der Waals surface area (Å²) in [6, 6.07) is 6.13. The highest BCUT2D eigenvalue weighted by molar-refractivity contribution is 5.99. The predicted molar refractivity (Wildman–Crippen MR) is 111 cm³/mol. The summed E-state index contributed by atoms with van der Waals surface area (Å²) >= 11 is 0. The zero-order valence-corrected chi connectivity index (χ0v) is 16.9. The highest BCUT2D eigenvalue weighted by Crippen LogP contribution is 2.43. The van der Waals surface area contributed by atoms with Crippen LogP contribution in [0.3, 0.4) is 0 Å². The van der Waals surface area contributed by atoms with E-state index in [1.54, 1.807) is 26.2 Å². The van der Waals surface area contributed by atoms with Gasteiger partial charge in [0.25, 0.3) is 16.8 Å². The van der Waals surface area contributed by atoms with Crippen LogP contribution in [0.2, 0.25) is 0 Å². The summed E-state index contributed by atoms with van der Waals surface area (Å²) in [6.07, 6.45) is 1.95. The SMILES string of the molecule is Cc1cc([C@H](Nc2c(Nc3cccc(C(=O)N(C)C)c3O)c(=O)c2=O)C2CC2)on1. The number of carbonyl (C=O) groups is 1. The minimum absolute atomic E-state index is 0.0478. The third-order valence-corrected chi connectivity index (χ3v) is 5.19. The first-order chi connectivity index (χ1) is 14.3. The summed E-state index contributed by atoms with van der Waals surface area (Å²) in [5.74, 6) is 0.216. The van der Waals surface area contributed by atoms with E-state index in [4.69, 9.17) is 4.52 Å². The van der Waals surface area contributed by atoms with Crippen LogP contribution in [0.15, 0.2) is 38.4 Å². The lowest BCUT2D eigenvalue weighted by Gasteiger charge is -2.21. The lowest BCUT2D eigenvalue weighted by molar-refractivity contribution is 0.0824. The van der Waals surface area contributed by atoms with Crippen LogP contribution in [0.25, 0.3) is 0 Å². The summed E-state index contributed by atoms with van der Waals surface area (Å²) in [4.78, 5) is 38.0. The zero-order chi connectivity index (χ0) is 21.6. The molecule has 9 heteroatoms. The van der Waals surface area contributed by atoms with Crippen molar-refractivity contribution in [2.24, 2.45) is 5.92 Å². The minimum atomic E-state index is -0.690. The third-order valence-electron chi connectivity index (χ3n) is 5.19. The molecule has 2 aromatic carbocycles. The number of carbonyl (C=O) groups excluding carboxylic acids is 1. The Hall–Kier alpha value is -3.62. The average molecular weight is 410 g/mol. The Morgan fingerprint density at radius 3 is 2.53 bits per heavy atom. The van der Waals surface area contributed by atoms with Crippen molar-refractivity contribution in [3.63, 3.8) is 0 Å². The summed E-state index contributed by atoms with van der Waals surface area (Å²) in [6.45, 7) is 1.81. The van der Waals surface area contributed by atoms with Gasteiger partial charge < -0.3 is 25.2 Å². The van der Waals surface area contributed by atoms with Crippen LogP contribution in [0.1, 0.15) is 40.7 Å². The number of nitrogens with zero attached hydrogens (tertiary/aromatic N) is 2. The minimum Gasteiger partial charge on any atom is -0.505 e. The molecule has 4 rings (SSSR count). The van der Waals surface area contributed by atoms with Crippen molar-refractivity contribution < 1.29 is 14.4 Å². The Morgan fingerprint density at radius 1 is 1.23 bits per heavy atom. The molecule has 30 heavy (non-hydrogen) atoms. The number of aromatic nitrogens is 1. The van der Waals surface area contributed by atoms with Crippen LogP contribution in [0, 0.1) is 12.8 Å². The number of phenols is 1. The maximum Gasteiger partial charge on any atom is 0.257 e. The number of amides is 1. The van der Waals surface area contributed by atoms with Crippen molar-refractivity contribution >= 4 is 23.0 Å². The smallest absolute Gasteiger partial charge is 0.257 e. The van der Waals surface area contributed by atoms with Gasteiger partial charge in [-0.3, -0.25) is 14.4 Å². The van der Waals surface area contributed by atoms with Crippen molar-refractivity contribution in [2.75, 3.05) is 24.7 Å². The zero-order valence-electron chi connectivity index (χ0n) is 16.9. The molecule has 9 nitrogen and oxygen atoms in total. The highest BCUT2D eigenvalue weighted by atomic mass is 16.5. The van der Waals surface area contributed by atoms with Gasteiger partial charge in [0.2, 0.25) is 0 Å². The predicted octanol–water partition coefficient (Wildman–Crippen LogP) is 2.29. The molecule has 0 radical (unpaired) electrons. The molecule has 0 bridgehead atoms. The van der Waals surface area contributed by atoms with E-state index in [0.29, 0.717) is 5.76 Å². The monoisotopic (exact) mass is 410 g/mol. The lowest BCUT2D eigenvalue weighted by Crippen LogP contribution is -2.37. The van der Waals surface area contributed by atoms with E-state index < -0.39 is 10.9 Å². The van der Waals surface area contributed by atoms with Gasteiger partial charge in [0.05, 0.1) is 23.0 Å². The van der Waals surface area contributed by atoms with Crippen molar-refractivity contribution in [1.82, 2.24) is 10.1 Å². The average Bonchev–Trinajstić information content (AvgIpc) is 3.47. The number of benzene rings is 1. The number of para-hydroxylation sites is 1. The van der Waals surface area contributed by atoms with Crippen molar-refractivity contribution in [3.05, 3.63) is 61.7 Å². The molecule has 156 valence electrons. The van der Waals surface area contributed by atoms with Gasteiger partial charge in [-0.15, -0.1) is 0 Å². The van der Waals surface area contributed by atoms with Gasteiger partial charge in [0, 0.05) is 20.2 Å². The molecule has 0 unspecified atom stereocenters. The maximum atomic E-state index is 12.2. The normalized spacial score (nSPS) is 14.5. The molecule has 3 aromatic rings. The van der Waals surface area contributed by atoms with Gasteiger partial charge in [-0.1, -0.05) is 11.2 Å². The topological polar surface area (TPSA) is 125 Å². The van der Waals surface area contributed by atoms with Crippen LogP contribution in [-0.4, -0.2) is 35.2 Å². The number of phenolic OH excluding ortho intramolecular Hbond substituents is 1. The summed E-state index contributed by atoms with van der Waals surface area (Å²) in [5.41, 5.74) is -0.166. The fourth-order valence-electron chi connectivity index (χ4n) is 3.38. The summed E-state index contributed by atoms with van der Waals surface area (Å²) in [5, 5.41) is 20.3. The third kappa shape index (κ3) is 3.42. The van der Waals surface area contributed by atoms with Gasteiger partial charge in [-0.25, -0.2) is 0 Å². The van der Waals surface area contributed by atoms with Gasteiger partial charge in [-0.05, 0) is 37.8 Å². The standard InChI is InChI=1S/C21H22N4O5/c1-10-9-14(30-24-10)15(11-7-8-11)23-17-16(19(27)20(17)28)22-13-6-4-5-12(18(13)26)21(29)25(2)3/h4-6,9,11,15,22-23,26H,7-8H2,1-3H3/t15-/m1/s1. The Bertz CT molecular complexity index is 1180. The number of hydrogen-bond donors (Lipinski definition) is 3. The van der Waals surface area contributed by atoms with E-state index in [-0.39, 0.29) is 46.2 Å². The van der Waals surface area contributed by atoms with Gasteiger partial charge >= 0.3 is 0 Å². The molecule has 1 aliphatic carbocycles. The first-order valence-electron chi connectivity index (χ1n) is 9.61. The van der Waals surface area contributed by atoms with Gasteiger partial charge in [-0.2, -0.15) is 0 Å². The molecule has 0 saturated heterocycles. The second-order valence-electron chi connectivity index (χ2n) is 7.76. The number of rotatable bonds is 7. The number of aromatic hydroxyl groups is 1. The van der Waals surface area contributed by atoms with E-state index in [0.717, 1.165) is 18.5 Å². The molecular formula is C21H22N4O5. The molecule has 1 fully saturated rings. The first-order valence-corrected chi connectivity index (χ1v) is 9.61. The fourth-order valence-corrected chi connectivity index (χ4v) is 3.38. The van der Waals surface area contributed by atoms with Gasteiger partial charge in [0.1, 0.15) is 11.4 Å². The molecule has 1 atom stereocenters. The molecule has 1 aromatic heterocycles. The van der Waals surface area contributed by atoms with Crippen LogP contribution in [0.5, 0.6) is 5.75 Å². The molecule has 3 N–H and O–H groups in total. The Kier molecular flexibility index (Phi) is 4.81. The number of anilines is 3. The molecular weight excluding hydrogens is 388 g/mol. The maximum absolute atomic E-state index is 12.2. The Balaban J connectivity index is 1.63. The van der Waals surface area contributed by atoms with E-state index >= 15 is 0 Å². The van der Waals surface area contributed by atoms with Crippen molar-refractivity contribution in [1.29, 1.82) is 0 Å². The number of nitrogens with one attached hydrogen (secondary N) is 2. The molecule has 0 spiro atoms. The highest BCUT2D eigenvalue weighted by Gasteiger charge is 2.37. The van der Waals surface area contributed by atoms with E-state index in [1.165, 1.54) is 17.0 Å². The summed E-state index contributed by atoms with van der Waals surface area (Å²) < 4.78 is 5.36. The first kappa shape index (κ1) is 19.7. The Morgan fingerprint density at radius 2 is 1.93 bits per heavy atom. The molecule has 1 saturated carbocycles. The second kappa shape index (κ2) is 7.33. The van der Waals surface area contributed by atoms with Crippen molar-refractivity contribution in [3.8, 4) is 5.75 Å². The number of hydrogen-bond acceptors (Lipinski definition) is 8. The molecule has 1 heterocycles. The van der Waals surface area contributed by atoms with Crippen LogP contribution >= 0.6 is 0 Å². The molecule has 0 aliphatic heterocycles. The van der Waals surface area contributed by atoms with E-state index in [1.807, 2.05) is 6.92 Å². The van der Waals surface area contributed by atoms with Crippen LogP contribution in [0.4, 0.5) is 17.1 Å². The van der Waals surface area contributed by atoms with Gasteiger partial charge in [0.15, 0.2) is 11.5 Å². The van der Waals surface area contributed by atoms with E-state index in [9.17, 15) is 19.5 Å². The quantitative estimate of drug-likeness (QED) is 0.400. The van der Waals surface area contributed by atoms with Crippen molar-refractivity contribution in [2.45, 2.75) is 25.8 Å². The molecule has 1 amide bonds. The lowest BCUT2D eigenvalue weighted by atomic mass is 10.1. The Labute approximate surface area is 172 Å². The second-order valence-corrected chi connectivity index (χ2v) is 7.76. The van der Waals surface area contributed by atoms with Crippen LogP contribution in [-0.2, 0) is 0 Å². The number of aryl methyl sites for hydroxylation is 1. The largest absolute Gasteiger partial charge is 0.505 e. The van der Waals surface area contributed by atoms with Crippen LogP contribution < -0.4 is 21.5 Å². The summed E-state index contributed by atoms with van der Waals surface area (Å²) in [7, 11) is 3.15. The fraction of sp³-hybridized carbons (Fsp3) is 0.333. The van der Waals surface area contributed by atoms with E-state index in [2.05, 4.69) is 15.8 Å².